The molecule has 1 aliphatic rings. The van der Waals surface area contributed by atoms with Gasteiger partial charge in [-0.3, -0.25) is 9.59 Å². The molecule has 0 unspecified atom stereocenters. The minimum Gasteiger partial charge on any atom is -0.492 e. The van der Waals surface area contributed by atoms with E-state index in [1.807, 2.05) is 24.3 Å². The molecule has 0 saturated carbocycles. The van der Waals surface area contributed by atoms with E-state index < -0.39 is 11.9 Å². The van der Waals surface area contributed by atoms with Gasteiger partial charge in [0.2, 0.25) is 0 Å². The van der Waals surface area contributed by atoms with Crippen LogP contribution in [0.4, 0.5) is 5.69 Å². The van der Waals surface area contributed by atoms with E-state index >= 15 is 0 Å². The number of fused-ring (bicyclic) bond motifs is 1. The minimum atomic E-state index is -0.452. The Balaban J connectivity index is 1.49. The van der Waals surface area contributed by atoms with Crippen LogP contribution >= 0.6 is 11.6 Å². The molecule has 2 aromatic rings. The van der Waals surface area contributed by atoms with Crippen molar-refractivity contribution in [1.29, 1.82) is 0 Å². The van der Waals surface area contributed by atoms with Crippen molar-refractivity contribution in [2.75, 3.05) is 18.5 Å². The minimum absolute atomic E-state index is 0.230. The first-order chi connectivity index (χ1) is 12.5. The number of hydrogen-bond donors (Lipinski definition) is 1. The number of benzene rings is 2. The van der Waals surface area contributed by atoms with Gasteiger partial charge in [0.15, 0.2) is 6.61 Å². The first-order valence-electron chi connectivity index (χ1n) is 8.52. The summed E-state index contributed by atoms with van der Waals surface area (Å²) in [4.78, 5) is 24.2. The third-order valence-electron chi connectivity index (χ3n) is 4.25. The Morgan fingerprint density at radius 1 is 1.23 bits per heavy atom. The molecule has 0 spiro atoms. The molecule has 2 aromatic carbocycles. The number of halogens is 1. The van der Waals surface area contributed by atoms with E-state index in [1.54, 1.807) is 18.2 Å². The number of nitrogens with one attached hydrogen (secondary N) is 1. The van der Waals surface area contributed by atoms with Gasteiger partial charge in [0.05, 0.1) is 5.92 Å². The Hall–Kier alpha value is -2.53. The Morgan fingerprint density at radius 3 is 2.73 bits per heavy atom. The first-order valence-corrected chi connectivity index (χ1v) is 8.89. The highest BCUT2D eigenvalue weighted by Crippen LogP contribution is 2.30. The van der Waals surface area contributed by atoms with E-state index in [0.717, 1.165) is 17.7 Å². The molecule has 6 heteroatoms. The maximum absolute atomic E-state index is 12.2. The average Bonchev–Trinajstić information content (AvgIpc) is 2.66. The highest BCUT2D eigenvalue weighted by atomic mass is 35.5. The fraction of sp³-hybridized carbons (Fsp3) is 0.300. The van der Waals surface area contributed by atoms with Gasteiger partial charge in [-0.2, -0.15) is 0 Å². The molecule has 0 aromatic heterocycles. The van der Waals surface area contributed by atoms with Crippen LogP contribution < -0.4 is 10.1 Å². The second-order valence-corrected chi connectivity index (χ2v) is 6.61. The van der Waals surface area contributed by atoms with Crippen molar-refractivity contribution in [2.24, 2.45) is 5.92 Å². The van der Waals surface area contributed by atoms with Crippen LogP contribution in [0.3, 0.4) is 0 Å². The fourth-order valence-electron chi connectivity index (χ4n) is 2.79. The van der Waals surface area contributed by atoms with Gasteiger partial charge in [-0.15, -0.1) is 0 Å². The Labute approximate surface area is 157 Å². The molecule has 0 radical (unpaired) electrons. The SMILES string of the molecule is CCc1ccc(NC(=O)COC(=O)[C@H]2COc3ccc(Cl)cc3C2)cc1. The molecule has 1 atom stereocenters. The van der Waals surface area contributed by atoms with Crippen molar-refractivity contribution in [2.45, 2.75) is 19.8 Å². The van der Waals surface area contributed by atoms with Crippen LogP contribution in [0.25, 0.3) is 0 Å². The maximum atomic E-state index is 12.2. The third kappa shape index (κ3) is 4.55. The van der Waals surface area contributed by atoms with Crippen LogP contribution in [0.5, 0.6) is 5.75 Å². The van der Waals surface area contributed by atoms with Gasteiger partial charge in [-0.25, -0.2) is 0 Å². The zero-order valence-corrected chi connectivity index (χ0v) is 15.2. The van der Waals surface area contributed by atoms with Crippen LogP contribution in [-0.2, 0) is 27.2 Å². The molecule has 3 rings (SSSR count). The third-order valence-corrected chi connectivity index (χ3v) is 4.49. The van der Waals surface area contributed by atoms with E-state index in [9.17, 15) is 9.59 Å². The molecule has 1 amide bonds. The summed E-state index contributed by atoms with van der Waals surface area (Å²) in [6.45, 7) is 1.97. The van der Waals surface area contributed by atoms with E-state index in [0.29, 0.717) is 17.1 Å². The Kier molecular flexibility index (Phi) is 5.78. The summed E-state index contributed by atoms with van der Waals surface area (Å²) in [6.07, 6.45) is 1.42. The summed E-state index contributed by atoms with van der Waals surface area (Å²) < 4.78 is 10.7. The number of ether oxygens (including phenoxy) is 2. The van der Waals surface area contributed by atoms with Crippen LogP contribution in [-0.4, -0.2) is 25.1 Å². The quantitative estimate of drug-likeness (QED) is 0.813. The summed E-state index contributed by atoms with van der Waals surface area (Å²) in [5.74, 6) is -0.542. The number of carbonyl (C=O) groups excluding carboxylic acids is 2. The van der Waals surface area contributed by atoms with Gasteiger partial charge < -0.3 is 14.8 Å². The topological polar surface area (TPSA) is 64.6 Å². The van der Waals surface area contributed by atoms with Gasteiger partial charge in [0.1, 0.15) is 12.4 Å². The molecule has 1 N–H and O–H groups in total. The maximum Gasteiger partial charge on any atom is 0.313 e. The van der Waals surface area contributed by atoms with Crippen LogP contribution in [0.1, 0.15) is 18.1 Å². The van der Waals surface area contributed by atoms with E-state index in [4.69, 9.17) is 21.1 Å². The second kappa shape index (κ2) is 8.23. The lowest BCUT2D eigenvalue weighted by molar-refractivity contribution is -0.152. The van der Waals surface area contributed by atoms with Crippen molar-refractivity contribution >= 4 is 29.2 Å². The van der Waals surface area contributed by atoms with Gasteiger partial charge in [0.25, 0.3) is 5.91 Å². The molecule has 1 aliphatic heterocycles. The zero-order valence-electron chi connectivity index (χ0n) is 14.5. The number of esters is 1. The van der Waals surface area contributed by atoms with Crippen LogP contribution in [0, 0.1) is 5.92 Å². The number of aryl methyl sites for hydroxylation is 1. The lowest BCUT2D eigenvalue weighted by Crippen LogP contribution is -2.31. The van der Waals surface area contributed by atoms with Gasteiger partial charge in [-0.05, 0) is 54.3 Å². The van der Waals surface area contributed by atoms with Gasteiger partial charge >= 0.3 is 5.97 Å². The molecule has 5 nitrogen and oxygen atoms in total. The predicted molar refractivity (Wildman–Crippen MR) is 99.5 cm³/mol. The average molecular weight is 374 g/mol. The van der Waals surface area contributed by atoms with E-state index in [-0.39, 0.29) is 19.1 Å². The molecular formula is C20H20ClNO4. The molecule has 0 bridgehead atoms. The lowest BCUT2D eigenvalue weighted by Gasteiger charge is -2.24. The molecule has 1 heterocycles. The van der Waals surface area contributed by atoms with Crippen molar-refractivity contribution < 1.29 is 19.1 Å². The van der Waals surface area contributed by atoms with Crippen molar-refractivity contribution in [3.8, 4) is 5.75 Å². The summed E-state index contributed by atoms with van der Waals surface area (Å²) in [5.41, 5.74) is 2.73. The van der Waals surface area contributed by atoms with Crippen LogP contribution in [0.15, 0.2) is 42.5 Å². The van der Waals surface area contributed by atoms with Crippen molar-refractivity contribution in [1.82, 2.24) is 0 Å². The van der Waals surface area contributed by atoms with Gasteiger partial charge in [0, 0.05) is 10.7 Å². The Bertz CT molecular complexity index is 804. The predicted octanol–water partition coefficient (Wildman–Crippen LogP) is 3.64. The monoisotopic (exact) mass is 373 g/mol. The first kappa shape index (κ1) is 18.3. The number of carbonyl (C=O) groups is 2. The molecule has 0 saturated heterocycles. The zero-order chi connectivity index (χ0) is 18.5. The normalized spacial score (nSPS) is 15.5. The number of rotatable bonds is 5. The van der Waals surface area contributed by atoms with E-state index in [2.05, 4.69) is 12.2 Å². The highest BCUT2D eigenvalue weighted by molar-refractivity contribution is 6.30. The standard InChI is InChI=1S/C20H20ClNO4/c1-2-13-3-6-17(7-4-13)22-19(23)12-26-20(24)15-9-14-10-16(21)5-8-18(14)25-11-15/h3-8,10,15H,2,9,11-12H2,1H3,(H,22,23)/t15-/m1/s1. The highest BCUT2D eigenvalue weighted by Gasteiger charge is 2.27. The molecule has 0 fully saturated rings. The fourth-order valence-corrected chi connectivity index (χ4v) is 2.98. The molecule has 26 heavy (non-hydrogen) atoms. The summed E-state index contributed by atoms with van der Waals surface area (Å²) >= 11 is 5.98. The summed E-state index contributed by atoms with van der Waals surface area (Å²) in [7, 11) is 0. The largest absolute Gasteiger partial charge is 0.492 e. The smallest absolute Gasteiger partial charge is 0.313 e. The van der Waals surface area contributed by atoms with Crippen molar-refractivity contribution in [3.05, 3.63) is 58.6 Å². The van der Waals surface area contributed by atoms with Crippen LogP contribution in [0.2, 0.25) is 5.02 Å². The van der Waals surface area contributed by atoms with Gasteiger partial charge in [-0.1, -0.05) is 30.7 Å². The number of anilines is 1. The lowest BCUT2D eigenvalue weighted by atomic mass is 9.97. The molecule has 0 aliphatic carbocycles. The van der Waals surface area contributed by atoms with Crippen molar-refractivity contribution in [3.63, 3.8) is 0 Å². The summed E-state index contributed by atoms with van der Waals surface area (Å²) in [5, 5.41) is 3.30. The van der Waals surface area contributed by atoms with E-state index in [1.165, 1.54) is 5.56 Å². The molecular weight excluding hydrogens is 354 g/mol. The second-order valence-electron chi connectivity index (χ2n) is 6.17. The number of hydrogen-bond acceptors (Lipinski definition) is 4. The molecule has 136 valence electrons. The number of amides is 1. The summed E-state index contributed by atoms with van der Waals surface area (Å²) in [6, 6.07) is 12.9. The Morgan fingerprint density at radius 2 is 2.00 bits per heavy atom.